The van der Waals surface area contributed by atoms with Gasteiger partial charge in [-0.3, -0.25) is 4.79 Å². The molecule has 2 aliphatic rings. The fourth-order valence-electron chi connectivity index (χ4n) is 4.73. The molecule has 2 saturated heterocycles. The van der Waals surface area contributed by atoms with E-state index < -0.39 is 0 Å². The molecule has 0 N–H and O–H groups in total. The van der Waals surface area contributed by atoms with Crippen molar-refractivity contribution in [2.75, 3.05) is 88.0 Å². The topological polar surface area (TPSA) is 72.3 Å². The summed E-state index contributed by atoms with van der Waals surface area (Å²) < 4.78 is 18.2. The van der Waals surface area contributed by atoms with Gasteiger partial charge in [0.25, 0.3) is 5.56 Å². The molecule has 2 aliphatic heterocycles. The average Bonchev–Trinajstić information content (AvgIpc) is 2.97. The van der Waals surface area contributed by atoms with Crippen LogP contribution in [0.3, 0.4) is 0 Å². The van der Waals surface area contributed by atoms with E-state index in [9.17, 15) is 4.79 Å². The van der Waals surface area contributed by atoms with E-state index >= 15 is 0 Å². The molecule has 0 atom stereocenters. The first-order chi connectivity index (χ1) is 18.1. The van der Waals surface area contributed by atoms with Crippen LogP contribution in [-0.2, 0) is 9.47 Å². The number of methoxy groups -OCH3 is 1. The Bertz CT molecular complexity index is 1250. The van der Waals surface area contributed by atoms with Crippen LogP contribution in [0.5, 0.6) is 5.75 Å². The van der Waals surface area contributed by atoms with Crippen LogP contribution in [0.15, 0.2) is 53.3 Å². The number of benzene rings is 2. The summed E-state index contributed by atoms with van der Waals surface area (Å²) in [4.78, 5) is 20.4. The molecule has 5 rings (SSSR count). The Labute approximate surface area is 217 Å². The third-order valence-corrected chi connectivity index (χ3v) is 7.03. The van der Waals surface area contributed by atoms with Crippen molar-refractivity contribution in [3.05, 3.63) is 58.9 Å². The zero-order valence-corrected chi connectivity index (χ0v) is 21.9. The summed E-state index contributed by atoms with van der Waals surface area (Å²) in [6.45, 7) is 8.71. The van der Waals surface area contributed by atoms with E-state index in [0.717, 1.165) is 54.6 Å². The van der Waals surface area contributed by atoms with Crippen LogP contribution in [-0.4, -0.2) is 83.1 Å². The molecule has 0 spiro atoms. The van der Waals surface area contributed by atoms with Crippen molar-refractivity contribution in [2.24, 2.45) is 0 Å². The molecule has 9 heteroatoms. The summed E-state index contributed by atoms with van der Waals surface area (Å²) in [5.74, 6) is 0.742. The lowest BCUT2D eigenvalue weighted by atomic mass is 10.1. The molecular weight excluding hydrogens is 470 g/mol. The highest BCUT2D eigenvalue weighted by Crippen LogP contribution is 2.30. The minimum absolute atomic E-state index is 0.150. The van der Waals surface area contributed by atoms with E-state index in [1.54, 1.807) is 11.8 Å². The van der Waals surface area contributed by atoms with Crippen molar-refractivity contribution in [3.8, 4) is 22.7 Å². The molecule has 0 bridgehead atoms. The number of nitrogens with zero attached hydrogens (tertiary/aromatic N) is 5. The van der Waals surface area contributed by atoms with E-state index in [-0.39, 0.29) is 5.56 Å². The molecule has 0 aliphatic carbocycles. The number of hydrogen-bond acceptors (Lipinski definition) is 8. The third-order valence-electron chi connectivity index (χ3n) is 7.03. The molecule has 196 valence electrons. The highest BCUT2D eigenvalue weighted by atomic mass is 16.5. The molecule has 2 aromatic carbocycles. The monoisotopic (exact) mass is 505 g/mol. The lowest BCUT2D eigenvalue weighted by molar-refractivity contribution is 0.122. The Morgan fingerprint density at radius 2 is 1.49 bits per heavy atom. The molecule has 37 heavy (non-hydrogen) atoms. The van der Waals surface area contributed by atoms with Gasteiger partial charge in [0.05, 0.1) is 44.9 Å². The van der Waals surface area contributed by atoms with Crippen LogP contribution in [0.1, 0.15) is 6.92 Å². The van der Waals surface area contributed by atoms with Gasteiger partial charge in [0.2, 0.25) is 0 Å². The van der Waals surface area contributed by atoms with Crippen LogP contribution < -0.4 is 25.0 Å². The highest BCUT2D eigenvalue weighted by Gasteiger charge is 2.20. The minimum Gasteiger partial charge on any atom is -0.497 e. The maximum absolute atomic E-state index is 13.8. The van der Waals surface area contributed by atoms with Gasteiger partial charge in [0, 0.05) is 56.7 Å². The third kappa shape index (κ3) is 5.42. The van der Waals surface area contributed by atoms with Crippen molar-refractivity contribution >= 4 is 17.1 Å². The summed E-state index contributed by atoms with van der Waals surface area (Å²) >= 11 is 0. The van der Waals surface area contributed by atoms with Crippen LogP contribution in [0.2, 0.25) is 0 Å². The number of hydrogen-bond donors (Lipinski definition) is 0. The Hall–Kier alpha value is -3.56. The molecule has 0 radical (unpaired) electrons. The van der Waals surface area contributed by atoms with Crippen molar-refractivity contribution in [2.45, 2.75) is 6.92 Å². The Morgan fingerprint density at radius 3 is 2.05 bits per heavy atom. The molecule has 0 unspecified atom stereocenters. The number of aromatic nitrogens is 2. The second-order valence-electron chi connectivity index (χ2n) is 9.28. The molecule has 2 fully saturated rings. The number of anilines is 3. The fraction of sp³-hybridized carbons (Fsp3) is 0.429. The van der Waals surface area contributed by atoms with Crippen LogP contribution in [0, 0.1) is 0 Å². The van der Waals surface area contributed by atoms with Crippen LogP contribution in [0.4, 0.5) is 17.1 Å². The van der Waals surface area contributed by atoms with Crippen molar-refractivity contribution < 1.29 is 14.2 Å². The molecule has 3 heterocycles. The zero-order chi connectivity index (χ0) is 25.8. The lowest BCUT2D eigenvalue weighted by Crippen LogP contribution is -2.38. The van der Waals surface area contributed by atoms with E-state index in [1.807, 2.05) is 49.2 Å². The van der Waals surface area contributed by atoms with Gasteiger partial charge in [-0.05, 0) is 43.3 Å². The van der Waals surface area contributed by atoms with E-state index in [0.29, 0.717) is 44.4 Å². The van der Waals surface area contributed by atoms with Crippen LogP contribution in [0.25, 0.3) is 16.9 Å². The maximum Gasteiger partial charge on any atom is 0.295 e. The van der Waals surface area contributed by atoms with Gasteiger partial charge in [-0.2, -0.15) is 9.78 Å². The molecule has 3 aromatic rings. The standard InChI is InChI=1S/C28H35N5O4/c1-4-30(2)27-20-26(21-6-5-7-25(16-21)35-3)29-33(28(27)34)24-18-22(31-8-12-36-13-9-31)17-23(19-24)32-10-14-37-15-11-32/h5-7,16-20H,4,8-15H2,1-3H3. The normalized spacial score (nSPS) is 16.1. The Kier molecular flexibility index (Phi) is 7.62. The van der Waals surface area contributed by atoms with Gasteiger partial charge in [-0.1, -0.05) is 12.1 Å². The van der Waals surface area contributed by atoms with E-state index in [1.165, 1.54) is 0 Å². The van der Waals surface area contributed by atoms with Gasteiger partial charge in [0.15, 0.2) is 0 Å². The largest absolute Gasteiger partial charge is 0.497 e. The van der Waals surface area contributed by atoms with Gasteiger partial charge in [-0.15, -0.1) is 0 Å². The summed E-state index contributed by atoms with van der Waals surface area (Å²) in [7, 11) is 3.58. The lowest BCUT2D eigenvalue weighted by Gasteiger charge is -2.33. The Balaban J connectivity index is 1.68. The quantitative estimate of drug-likeness (QED) is 0.485. The van der Waals surface area contributed by atoms with Crippen molar-refractivity contribution in [1.29, 1.82) is 0 Å². The summed E-state index contributed by atoms with van der Waals surface area (Å²) in [5.41, 5.74) is 4.91. The summed E-state index contributed by atoms with van der Waals surface area (Å²) in [6.07, 6.45) is 0. The average molecular weight is 506 g/mol. The van der Waals surface area contributed by atoms with Gasteiger partial charge in [-0.25, -0.2) is 0 Å². The molecule has 9 nitrogen and oxygen atoms in total. The smallest absolute Gasteiger partial charge is 0.295 e. The number of morpholine rings is 2. The van der Waals surface area contributed by atoms with E-state index in [4.69, 9.17) is 19.3 Å². The second kappa shape index (κ2) is 11.2. The predicted molar refractivity (Wildman–Crippen MR) is 147 cm³/mol. The molecule has 0 amide bonds. The Morgan fingerprint density at radius 1 is 0.892 bits per heavy atom. The van der Waals surface area contributed by atoms with Gasteiger partial charge < -0.3 is 28.9 Å². The number of rotatable bonds is 7. The maximum atomic E-state index is 13.8. The van der Waals surface area contributed by atoms with Gasteiger partial charge in [0.1, 0.15) is 11.4 Å². The summed E-state index contributed by atoms with van der Waals surface area (Å²) in [5, 5.41) is 4.87. The minimum atomic E-state index is -0.150. The fourth-order valence-corrected chi connectivity index (χ4v) is 4.73. The zero-order valence-electron chi connectivity index (χ0n) is 21.9. The van der Waals surface area contributed by atoms with Crippen molar-refractivity contribution in [1.82, 2.24) is 9.78 Å². The second-order valence-corrected chi connectivity index (χ2v) is 9.28. The molecular formula is C28H35N5O4. The van der Waals surface area contributed by atoms with E-state index in [2.05, 4.69) is 28.0 Å². The SMILES string of the molecule is CCN(C)c1cc(-c2cccc(OC)c2)nn(-c2cc(N3CCOCC3)cc(N3CCOCC3)c2)c1=O. The predicted octanol–water partition coefficient (Wildman–Crippen LogP) is 3.04. The first-order valence-electron chi connectivity index (χ1n) is 12.9. The first-order valence-corrected chi connectivity index (χ1v) is 12.9. The van der Waals surface area contributed by atoms with Crippen LogP contribution >= 0.6 is 0 Å². The molecule has 0 saturated carbocycles. The van der Waals surface area contributed by atoms with Gasteiger partial charge >= 0.3 is 0 Å². The summed E-state index contributed by atoms with van der Waals surface area (Å²) in [6, 6.07) is 16.0. The number of ether oxygens (including phenoxy) is 3. The first kappa shape index (κ1) is 25.1. The highest BCUT2D eigenvalue weighted by molar-refractivity contribution is 5.68. The van der Waals surface area contributed by atoms with Crippen molar-refractivity contribution in [3.63, 3.8) is 0 Å². The molecule has 1 aromatic heterocycles.